The normalized spacial score (nSPS) is 22.1. The quantitative estimate of drug-likeness (QED) is 0.550. The van der Waals surface area contributed by atoms with Crippen LogP contribution < -0.4 is 0 Å². The maximum Gasteiger partial charge on any atom is 0.236 e. The molecule has 0 aromatic carbocycles. The van der Waals surface area contributed by atoms with E-state index in [1.54, 1.807) is 0 Å². The molecule has 15 heavy (non-hydrogen) atoms. The van der Waals surface area contributed by atoms with Crippen LogP contribution in [-0.4, -0.2) is 41.9 Å². The first-order valence-corrected chi connectivity index (χ1v) is 6.68. The summed E-state index contributed by atoms with van der Waals surface area (Å²) in [4.78, 5) is 13.7. The lowest BCUT2D eigenvalue weighted by Crippen LogP contribution is -2.42. The van der Waals surface area contributed by atoms with Crippen LogP contribution in [0.3, 0.4) is 0 Å². The summed E-state index contributed by atoms with van der Waals surface area (Å²) in [5.41, 5.74) is 0. The van der Waals surface area contributed by atoms with Crippen molar-refractivity contribution in [3.63, 3.8) is 0 Å². The van der Waals surface area contributed by atoms with Crippen molar-refractivity contribution in [2.24, 2.45) is 0 Å². The molecule has 4 heteroatoms. The van der Waals surface area contributed by atoms with Crippen LogP contribution in [-0.2, 0) is 9.53 Å². The Morgan fingerprint density at radius 2 is 2.33 bits per heavy atom. The number of carbonyl (C=O) groups is 1. The average molecular weight is 278 g/mol. The number of nitrogens with zero attached hydrogens (tertiary/aromatic N) is 1. The first kappa shape index (κ1) is 13.0. The van der Waals surface area contributed by atoms with E-state index in [-0.39, 0.29) is 10.7 Å². The number of rotatable bonds is 6. The summed E-state index contributed by atoms with van der Waals surface area (Å²) in [6, 6.07) is 0. The maximum absolute atomic E-state index is 11.7. The predicted molar refractivity (Wildman–Crippen MR) is 64.3 cm³/mol. The van der Waals surface area contributed by atoms with Gasteiger partial charge in [0.15, 0.2) is 0 Å². The molecule has 0 aromatic heterocycles. The fourth-order valence-corrected chi connectivity index (χ4v) is 2.33. The third-order valence-electron chi connectivity index (χ3n) is 2.53. The van der Waals surface area contributed by atoms with E-state index in [0.717, 1.165) is 52.0 Å². The van der Waals surface area contributed by atoms with Gasteiger partial charge in [0.25, 0.3) is 0 Å². The first-order chi connectivity index (χ1) is 7.25. The summed E-state index contributed by atoms with van der Waals surface area (Å²) in [5, 5.41) is 0. The van der Waals surface area contributed by atoms with Crippen molar-refractivity contribution in [1.82, 2.24) is 4.90 Å². The van der Waals surface area contributed by atoms with Gasteiger partial charge in [0.2, 0.25) is 5.91 Å². The summed E-state index contributed by atoms with van der Waals surface area (Å²) >= 11 is 3.41. The van der Waals surface area contributed by atoms with Crippen LogP contribution in [0.4, 0.5) is 0 Å². The van der Waals surface area contributed by atoms with Gasteiger partial charge in [-0.1, -0.05) is 22.9 Å². The van der Waals surface area contributed by atoms with E-state index >= 15 is 0 Å². The molecule has 1 aliphatic rings. The molecule has 3 nitrogen and oxygen atoms in total. The summed E-state index contributed by atoms with van der Waals surface area (Å²) in [6.45, 7) is 5.45. The molecule has 1 heterocycles. The number of ether oxygens (including phenoxy) is 1. The van der Waals surface area contributed by atoms with Crippen molar-refractivity contribution in [3.8, 4) is 0 Å². The fraction of sp³-hybridized carbons (Fsp3) is 0.909. The molecular formula is C11H20BrNO2. The number of likely N-dealkylation sites (tertiary alicyclic amines) is 1. The van der Waals surface area contributed by atoms with Gasteiger partial charge in [0.1, 0.15) is 0 Å². The zero-order valence-electron chi connectivity index (χ0n) is 9.38. The molecule has 1 atom stereocenters. The standard InChI is InChI=1S/C11H20BrNO2/c1-2-8-15-9-4-7-13-6-3-5-10(12)11(13)14/h10H,2-9H2,1H3. The Morgan fingerprint density at radius 1 is 1.53 bits per heavy atom. The number of halogens is 1. The number of hydrogen-bond donors (Lipinski definition) is 0. The van der Waals surface area contributed by atoms with Crippen LogP contribution in [0.5, 0.6) is 0 Å². The topological polar surface area (TPSA) is 29.5 Å². The van der Waals surface area contributed by atoms with Crippen LogP contribution in [0.25, 0.3) is 0 Å². The van der Waals surface area contributed by atoms with E-state index in [0.29, 0.717) is 0 Å². The van der Waals surface area contributed by atoms with Gasteiger partial charge in [-0.2, -0.15) is 0 Å². The van der Waals surface area contributed by atoms with Crippen molar-refractivity contribution in [3.05, 3.63) is 0 Å². The Morgan fingerprint density at radius 3 is 3.07 bits per heavy atom. The maximum atomic E-state index is 11.7. The van der Waals surface area contributed by atoms with Crippen molar-refractivity contribution in [1.29, 1.82) is 0 Å². The van der Waals surface area contributed by atoms with Crippen LogP contribution in [0, 0.1) is 0 Å². The van der Waals surface area contributed by atoms with Gasteiger partial charge in [-0.25, -0.2) is 0 Å². The Bertz CT molecular complexity index is 199. The van der Waals surface area contributed by atoms with Gasteiger partial charge in [-0.05, 0) is 25.7 Å². The molecule has 0 spiro atoms. The predicted octanol–water partition coefficient (Wildman–Crippen LogP) is 2.19. The molecule has 0 N–H and O–H groups in total. The van der Waals surface area contributed by atoms with Crippen molar-refractivity contribution in [2.75, 3.05) is 26.3 Å². The molecule has 1 saturated heterocycles. The number of carbonyl (C=O) groups excluding carboxylic acids is 1. The molecule has 0 aliphatic carbocycles. The molecule has 1 rings (SSSR count). The van der Waals surface area contributed by atoms with E-state index in [1.807, 2.05) is 4.90 Å². The Labute approximate surface area is 100 Å². The van der Waals surface area contributed by atoms with Gasteiger partial charge in [0, 0.05) is 26.3 Å². The van der Waals surface area contributed by atoms with Crippen LogP contribution in [0.2, 0.25) is 0 Å². The fourth-order valence-electron chi connectivity index (χ4n) is 1.72. The Kier molecular flexibility index (Phi) is 6.25. The second-order valence-corrected chi connectivity index (χ2v) is 5.01. The molecule has 0 radical (unpaired) electrons. The second-order valence-electron chi connectivity index (χ2n) is 3.90. The van der Waals surface area contributed by atoms with E-state index in [4.69, 9.17) is 4.74 Å². The smallest absolute Gasteiger partial charge is 0.236 e. The highest BCUT2D eigenvalue weighted by molar-refractivity contribution is 9.10. The van der Waals surface area contributed by atoms with E-state index in [9.17, 15) is 4.79 Å². The number of piperidine rings is 1. The zero-order chi connectivity index (χ0) is 11.1. The lowest BCUT2D eigenvalue weighted by molar-refractivity contribution is -0.132. The molecule has 1 aliphatic heterocycles. The monoisotopic (exact) mass is 277 g/mol. The van der Waals surface area contributed by atoms with Gasteiger partial charge < -0.3 is 9.64 Å². The molecule has 1 amide bonds. The van der Waals surface area contributed by atoms with Crippen LogP contribution in [0.1, 0.15) is 32.6 Å². The second kappa shape index (κ2) is 7.23. The number of hydrogen-bond acceptors (Lipinski definition) is 2. The largest absolute Gasteiger partial charge is 0.381 e. The molecule has 0 saturated carbocycles. The Hall–Kier alpha value is -0.0900. The van der Waals surface area contributed by atoms with E-state index in [1.165, 1.54) is 0 Å². The van der Waals surface area contributed by atoms with Crippen LogP contribution >= 0.6 is 15.9 Å². The highest BCUT2D eigenvalue weighted by Gasteiger charge is 2.25. The number of amides is 1. The van der Waals surface area contributed by atoms with Crippen molar-refractivity contribution >= 4 is 21.8 Å². The molecule has 0 bridgehead atoms. The van der Waals surface area contributed by atoms with E-state index < -0.39 is 0 Å². The lowest BCUT2D eigenvalue weighted by Gasteiger charge is -2.29. The summed E-state index contributed by atoms with van der Waals surface area (Å²) in [7, 11) is 0. The summed E-state index contributed by atoms with van der Waals surface area (Å²) < 4.78 is 5.39. The van der Waals surface area contributed by atoms with Gasteiger partial charge in [-0.15, -0.1) is 0 Å². The first-order valence-electron chi connectivity index (χ1n) is 5.76. The van der Waals surface area contributed by atoms with Gasteiger partial charge in [0.05, 0.1) is 4.83 Å². The summed E-state index contributed by atoms with van der Waals surface area (Å²) in [5.74, 6) is 0.247. The highest BCUT2D eigenvalue weighted by atomic mass is 79.9. The molecule has 1 fully saturated rings. The molecule has 1 unspecified atom stereocenters. The van der Waals surface area contributed by atoms with Gasteiger partial charge >= 0.3 is 0 Å². The van der Waals surface area contributed by atoms with Crippen molar-refractivity contribution in [2.45, 2.75) is 37.4 Å². The SMILES string of the molecule is CCCOCCCN1CCCC(Br)C1=O. The van der Waals surface area contributed by atoms with Gasteiger partial charge in [-0.3, -0.25) is 4.79 Å². The summed E-state index contributed by atoms with van der Waals surface area (Å²) in [6.07, 6.45) is 4.09. The third-order valence-corrected chi connectivity index (χ3v) is 3.38. The van der Waals surface area contributed by atoms with Crippen LogP contribution in [0.15, 0.2) is 0 Å². The minimum Gasteiger partial charge on any atom is -0.381 e. The minimum atomic E-state index is 0.0443. The minimum absolute atomic E-state index is 0.0443. The zero-order valence-corrected chi connectivity index (χ0v) is 11.0. The highest BCUT2D eigenvalue weighted by Crippen LogP contribution is 2.18. The third kappa shape index (κ3) is 4.51. The number of alkyl halides is 1. The molecule has 88 valence electrons. The average Bonchev–Trinajstić information content (AvgIpc) is 2.24. The molecule has 0 aromatic rings. The molecular weight excluding hydrogens is 258 g/mol. The van der Waals surface area contributed by atoms with Crippen molar-refractivity contribution < 1.29 is 9.53 Å². The van der Waals surface area contributed by atoms with E-state index in [2.05, 4.69) is 22.9 Å². The Balaban J connectivity index is 2.12. The lowest BCUT2D eigenvalue weighted by atomic mass is 10.1.